The van der Waals surface area contributed by atoms with E-state index in [-0.39, 0.29) is 21.7 Å². The van der Waals surface area contributed by atoms with E-state index in [2.05, 4.69) is 183 Å². The Kier molecular flexibility index (Phi) is 8.67. The van der Waals surface area contributed by atoms with Crippen LogP contribution in [0.25, 0.3) is 39.0 Å². The molecule has 4 aromatic carbocycles. The van der Waals surface area contributed by atoms with E-state index >= 15 is 0 Å². The van der Waals surface area contributed by atoms with Crippen molar-refractivity contribution in [1.29, 1.82) is 0 Å². The first-order valence-electron chi connectivity index (χ1n) is 18.7. The number of nitrogens with zero attached hydrogens (tertiary/aromatic N) is 5. The molecule has 0 atom stereocenters. The molecule has 0 spiro atoms. The van der Waals surface area contributed by atoms with Gasteiger partial charge in [0.25, 0.3) is 6.33 Å². The molecule has 7 aromatic rings. The summed E-state index contributed by atoms with van der Waals surface area (Å²) in [6.07, 6.45) is 5.52. The molecule has 0 bridgehead atoms. The lowest BCUT2D eigenvalue weighted by Gasteiger charge is -2.26. The number of ether oxygens (including phenoxy) is 1. The molecule has 272 valence electrons. The Hall–Kier alpha value is -5.23. The van der Waals surface area contributed by atoms with Crippen molar-refractivity contribution in [3.8, 4) is 28.7 Å². The van der Waals surface area contributed by atoms with Crippen molar-refractivity contribution in [2.45, 2.75) is 105 Å². The summed E-state index contributed by atoms with van der Waals surface area (Å²) in [6, 6.07) is 34.2. The SMILES string of the molecule is CC(C)(C)c1cc(-[n+]2[c-]n(-c3cccc(Oc4ccc5c6ccccc6n(-c6cc(C(C)(C)C)ccn6)c5c4)c3)c(C(C)(C)C)n2)cc(C(C)(C)C)c1. The van der Waals surface area contributed by atoms with E-state index in [1.165, 1.54) is 22.1 Å². The van der Waals surface area contributed by atoms with Gasteiger partial charge in [0.05, 0.1) is 22.4 Å². The van der Waals surface area contributed by atoms with Gasteiger partial charge in [0.15, 0.2) is 5.82 Å². The Morgan fingerprint density at radius 3 is 1.87 bits per heavy atom. The lowest BCUT2D eigenvalue weighted by atomic mass is 9.80. The number of fused-ring (bicyclic) bond motifs is 3. The van der Waals surface area contributed by atoms with Gasteiger partial charge in [-0.05, 0) is 75.4 Å². The largest absolute Gasteiger partial charge is 0.458 e. The maximum absolute atomic E-state index is 6.65. The minimum atomic E-state index is -0.246. The average molecular weight is 704 g/mol. The fourth-order valence-electron chi connectivity index (χ4n) is 6.77. The monoisotopic (exact) mass is 703 g/mol. The van der Waals surface area contributed by atoms with Crippen LogP contribution in [0.2, 0.25) is 0 Å². The minimum absolute atomic E-state index is 0.000358. The summed E-state index contributed by atoms with van der Waals surface area (Å²) in [7, 11) is 0. The molecule has 0 unspecified atom stereocenters. The highest BCUT2D eigenvalue weighted by Crippen LogP contribution is 2.37. The highest BCUT2D eigenvalue weighted by Gasteiger charge is 2.27. The standard InChI is InChI=1S/C47H53N5O/c1-44(2,3)31-22-23-48-42(27-31)52-40-19-14-13-18-38(40)39-21-20-37(29-41(39)52)53-36-17-15-16-34(28-36)50-30-51(49-43(50)47(10,11)12)35-25-32(45(4,5)6)24-33(26-35)46(7,8)9/h13-29H,1-12H3. The van der Waals surface area contributed by atoms with Gasteiger partial charge >= 0.3 is 0 Å². The van der Waals surface area contributed by atoms with E-state index in [1.807, 2.05) is 23.0 Å². The number of pyridine rings is 1. The fourth-order valence-corrected chi connectivity index (χ4v) is 6.77. The first kappa shape index (κ1) is 36.1. The number of para-hydroxylation sites is 1. The fraction of sp³-hybridized carbons (Fsp3) is 0.340. The molecule has 0 radical (unpaired) electrons. The smallest absolute Gasteiger partial charge is 0.273 e. The zero-order chi connectivity index (χ0) is 38.1. The number of aromatic nitrogens is 5. The van der Waals surface area contributed by atoms with Gasteiger partial charge in [0, 0.05) is 28.5 Å². The van der Waals surface area contributed by atoms with Crippen molar-refractivity contribution in [2.24, 2.45) is 0 Å². The van der Waals surface area contributed by atoms with Crippen LogP contribution in [0.1, 0.15) is 106 Å². The minimum Gasteiger partial charge on any atom is -0.458 e. The van der Waals surface area contributed by atoms with Crippen molar-refractivity contribution in [2.75, 3.05) is 0 Å². The molecule has 6 heteroatoms. The molecule has 53 heavy (non-hydrogen) atoms. The molecule has 0 aliphatic rings. The predicted octanol–water partition coefficient (Wildman–Crippen LogP) is 11.4. The van der Waals surface area contributed by atoms with Gasteiger partial charge in [-0.2, -0.15) is 4.68 Å². The molecule has 0 saturated carbocycles. The van der Waals surface area contributed by atoms with E-state index in [0.717, 1.165) is 50.9 Å². The average Bonchev–Trinajstić information content (AvgIpc) is 3.68. The summed E-state index contributed by atoms with van der Waals surface area (Å²) in [5.74, 6) is 3.28. The third-order valence-corrected chi connectivity index (χ3v) is 9.96. The predicted molar refractivity (Wildman–Crippen MR) is 217 cm³/mol. The third kappa shape index (κ3) is 7.12. The third-order valence-electron chi connectivity index (χ3n) is 9.96. The summed E-state index contributed by atoms with van der Waals surface area (Å²) in [6.45, 7) is 26.8. The second-order valence-electron chi connectivity index (χ2n) is 18.5. The zero-order valence-electron chi connectivity index (χ0n) is 33.5. The molecule has 0 N–H and O–H groups in total. The first-order valence-corrected chi connectivity index (χ1v) is 18.7. The molecule has 3 aromatic heterocycles. The number of hydrogen-bond acceptors (Lipinski definition) is 3. The molecule has 0 fully saturated rings. The summed E-state index contributed by atoms with van der Waals surface area (Å²) in [5, 5.41) is 7.51. The van der Waals surface area contributed by atoms with Gasteiger partial charge in [-0.15, -0.1) is 5.10 Å². The van der Waals surface area contributed by atoms with Crippen LogP contribution in [0.4, 0.5) is 0 Å². The van der Waals surface area contributed by atoms with Gasteiger partial charge < -0.3 is 4.74 Å². The van der Waals surface area contributed by atoms with Crippen LogP contribution in [0.3, 0.4) is 0 Å². The van der Waals surface area contributed by atoms with E-state index < -0.39 is 0 Å². The summed E-state index contributed by atoms with van der Waals surface area (Å²) < 4.78 is 12.9. The van der Waals surface area contributed by atoms with Crippen molar-refractivity contribution in [1.82, 2.24) is 19.2 Å². The number of hydrogen-bond donors (Lipinski definition) is 0. The molecule has 0 amide bonds. The normalized spacial score (nSPS) is 12.9. The highest BCUT2D eigenvalue weighted by molar-refractivity contribution is 6.09. The van der Waals surface area contributed by atoms with E-state index in [9.17, 15) is 0 Å². The van der Waals surface area contributed by atoms with Crippen LogP contribution in [0.5, 0.6) is 11.5 Å². The van der Waals surface area contributed by atoms with Crippen LogP contribution in [0, 0.1) is 6.33 Å². The topological polar surface area (TPSA) is 48.8 Å². The Morgan fingerprint density at radius 2 is 1.21 bits per heavy atom. The van der Waals surface area contributed by atoms with Gasteiger partial charge in [0.1, 0.15) is 17.3 Å². The highest BCUT2D eigenvalue weighted by atomic mass is 16.5. The summed E-state index contributed by atoms with van der Waals surface area (Å²) in [4.78, 5) is 4.85. The maximum atomic E-state index is 6.65. The van der Waals surface area contributed by atoms with Crippen LogP contribution < -0.4 is 9.42 Å². The van der Waals surface area contributed by atoms with Crippen molar-refractivity contribution >= 4 is 21.8 Å². The first-order chi connectivity index (χ1) is 24.8. The van der Waals surface area contributed by atoms with Crippen molar-refractivity contribution < 1.29 is 9.42 Å². The maximum Gasteiger partial charge on any atom is 0.273 e. The molecular weight excluding hydrogens is 651 g/mol. The Labute approximate surface area is 315 Å². The van der Waals surface area contributed by atoms with Crippen LogP contribution in [-0.4, -0.2) is 19.2 Å². The Bertz CT molecular complexity index is 2440. The van der Waals surface area contributed by atoms with E-state index in [1.54, 1.807) is 0 Å². The zero-order valence-corrected chi connectivity index (χ0v) is 33.5. The van der Waals surface area contributed by atoms with Crippen LogP contribution >= 0.6 is 0 Å². The second kappa shape index (κ2) is 12.7. The van der Waals surface area contributed by atoms with Crippen molar-refractivity contribution in [3.05, 3.63) is 132 Å². The second-order valence-corrected chi connectivity index (χ2v) is 18.5. The molecule has 3 heterocycles. The van der Waals surface area contributed by atoms with Gasteiger partial charge in [-0.1, -0.05) is 132 Å². The quantitative estimate of drug-likeness (QED) is 0.132. The summed E-state index contributed by atoms with van der Waals surface area (Å²) >= 11 is 0. The van der Waals surface area contributed by atoms with E-state index in [0.29, 0.717) is 0 Å². The summed E-state index contributed by atoms with van der Waals surface area (Å²) in [5.41, 5.74) is 7.61. The van der Waals surface area contributed by atoms with Gasteiger partial charge in [0.2, 0.25) is 0 Å². The number of rotatable bonds is 5. The molecule has 0 aliphatic heterocycles. The van der Waals surface area contributed by atoms with Gasteiger partial charge in [-0.25, -0.2) is 4.98 Å². The molecular formula is C47H53N5O. The van der Waals surface area contributed by atoms with E-state index in [4.69, 9.17) is 14.8 Å². The van der Waals surface area contributed by atoms with Crippen molar-refractivity contribution in [3.63, 3.8) is 0 Å². The lowest BCUT2D eigenvalue weighted by Crippen LogP contribution is -2.35. The van der Waals surface area contributed by atoms with Crippen LogP contribution in [-0.2, 0) is 21.7 Å². The Morgan fingerprint density at radius 1 is 0.566 bits per heavy atom. The molecule has 0 aliphatic carbocycles. The molecule has 0 saturated heterocycles. The lowest BCUT2D eigenvalue weighted by molar-refractivity contribution is -0.662. The van der Waals surface area contributed by atoms with Gasteiger partial charge in [-0.3, -0.25) is 9.13 Å². The molecule has 6 nitrogen and oxygen atoms in total. The Balaban J connectivity index is 1.30. The number of benzene rings is 4. The molecule has 7 rings (SSSR count). The van der Waals surface area contributed by atoms with Crippen LogP contribution in [0.15, 0.2) is 103 Å².